The Balaban J connectivity index is 2.26. The molecule has 0 unspecified atom stereocenters. The van der Waals surface area contributed by atoms with Gasteiger partial charge in [-0.2, -0.15) is 0 Å². The molecular formula is C15H22ClNO2. The average molecular weight is 284 g/mol. The van der Waals surface area contributed by atoms with Crippen molar-refractivity contribution < 1.29 is 9.90 Å². The lowest BCUT2D eigenvalue weighted by Gasteiger charge is -2.08. The third kappa shape index (κ3) is 5.97. The van der Waals surface area contributed by atoms with E-state index in [1.165, 1.54) is 38.2 Å². The Morgan fingerprint density at radius 1 is 1.21 bits per heavy atom. The molecule has 19 heavy (non-hydrogen) atoms. The molecule has 0 saturated heterocycles. The van der Waals surface area contributed by atoms with E-state index in [2.05, 4.69) is 12.2 Å². The molecule has 0 fully saturated rings. The first-order chi connectivity index (χ1) is 9.15. The molecule has 3 nitrogen and oxygen atoms in total. The van der Waals surface area contributed by atoms with Crippen LogP contribution >= 0.6 is 11.6 Å². The van der Waals surface area contributed by atoms with Crippen molar-refractivity contribution in [1.82, 2.24) is 0 Å². The molecule has 0 aliphatic rings. The molecule has 1 rings (SSSR count). The van der Waals surface area contributed by atoms with E-state index in [0.717, 1.165) is 18.7 Å². The summed E-state index contributed by atoms with van der Waals surface area (Å²) in [5, 5.41) is 12.4. The molecule has 0 aliphatic carbocycles. The van der Waals surface area contributed by atoms with Gasteiger partial charge in [-0.05, 0) is 24.6 Å². The molecule has 2 N–H and O–H groups in total. The standard InChI is InChI=1S/C15H22ClNO2/c1-2-3-4-5-6-7-10-17-12-8-9-13(15(18)19)14(16)11-12/h8-9,11,17H,2-7,10H2,1H3,(H,18,19). The van der Waals surface area contributed by atoms with Gasteiger partial charge in [0.1, 0.15) is 0 Å². The van der Waals surface area contributed by atoms with E-state index in [4.69, 9.17) is 16.7 Å². The van der Waals surface area contributed by atoms with E-state index in [9.17, 15) is 4.79 Å². The fraction of sp³-hybridized carbons (Fsp3) is 0.533. The predicted octanol–water partition coefficient (Wildman–Crippen LogP) is 4.81. The van der Waals surface area contributed by atoms with Gasteiger partial charge in [0.25, 0.3) is 0 Å². The van der Waals surface area contributed by atoms with Gasteiger partial charge in [-0.3, -0.25) is 0 Å². The van der Waals surface area contributed by atoms with Crippen molar-refractivity contribution in [2.24, 2.45) is 0 Å². The summed E-state index contributed by atoms with van der Waals surface area (Å²) in [4.78, 5) is 10.8. The van der Waals surface area contributed by atoms with Crippen molar-refractivity contribution in [1.29, 1.82) is 0 Å². The number of unbranched alkanes of at least 4 members (excludes halogenated alkanes) is 5. The number of halogens is 1. The zero-order valence-corrected chi connectivity index (χ0v) is 12.2. The van der Waals surface area contributed by atoms with E-state index in [-0.39, 0.29) is 10.6 Å². The highest BCUT2D eigenvalue weighted by Crippen LogP contribution is 2.21. The molecular weight excluding hydrogens is 262 g/mol. The quantitative estimate of drug-likeness (QED) is 0.639. The van der Waals surface area contributed by atoms with E-state index in [1.54, 1.807) is 12.1 Å². The Morgan fingerprint density at radius 2 is 1.89 bits per heavy atom. The fourth-order valence-electron chi connectivity index (χ4n) is 1.94. The Kier molecular flexibility index (Phi) is 7.34. The minimum Gasteiger partial charge on any atom is -0.478 e. The summed E-state index contributed by atoms with van der Waals surface area (Å²) in [7, 11) is 0. The third-order valence-electron chi connectivity index (χ3n) is 3.06. The molecule has 1 aromatic rings. The Hall–Kier alpha value is -1.22. The highest BCUT2D eigenvalue weighted by atomic mass is 35.5. The van der Waals surface area contributed by atoms with E-state index in [0.29, 0.717) is 0 Å². The van der Waals surface area contributed by atoms with E-state index >= 15 is 0 Å². The van der Waals surface area contributed by atoms with Crippen molar-refractivity contribution >= 4 is 23.3 Å². The Labute approximate surface area is 120 Å². The molecule has 0 saturated carbocycles. The zero-order valence-electron chi connectivity index (χ0n) is 11.4. The highest BCUT2D eigenvalue weighted by Gasteiger charge is 2.08. The summed E-state index contributed by atoms with van der Waals surface area (Å²) >= 11 is 5.90. The molecule has 1 aromatic carbocycles. The minimum atomic E-state index is -0.993. The SMILES string of the molecule is CCCCCCCCNc1ccc(C(=O)O)c(Cl)c1. The molecule has 0 spiro atoms. The number of hydrogen-bond donors (Lipinski definition) is 2. The van der Waals surface area contributed by atoms with Crippen LogP contribution in [0.25, 0.3) is 0 Å². The van der Waals surface area contributed by atoms with Gasteiger partial charge in [-0.15, -0.1) is 0 Å². The number of carbonyl (C=O) groups is 1. The third-order valence-corrected chi connectivity index (χ3v) is 3.37. The number of carboxylic acids is 1. The summed E-state index contributed by atoms with van der Waals surface area (Å²) < 4.78 is 0. The number of hydrogen-bond acceptors (Lipinski definition) is 2. The van der Waals surface area contributed by atoms with Crippen molar-refractivity contribution in [2.75, 3.05) is 11.9 Å². The number of nitrogens with one attached hydrogen (secondary N) is 1. The lowest BCUT2D eigenvalue weighted by Crippen LogP contribution is -2.03. The van der Waals surface area contributed by atoms with Gasteiger partial charge in [-0.25, -0.2) is 4.79 Å². The second kappa shape index (κ2) is 8.81. The maximum atomic E-state index is 10.8. The molecule has 4 heteroatoms. The van der Waals surface area contributed by atoms with Crippen LogP contribution in [0.15, 0.2) is 18.2 Å². The van der Waals surface area contributed by atoms with Gasteiger partial charge in [-0.1, -0.05) is 50.6 Å². The van der Waals surface area contributed by atoms with Crippen LogP contribution in [0, 0.1) is 0 Å². The number of rotatable bonds is 9. The largest absolute Gasteiger partial charge is 0.478 e. The summed E-state index contributed by atoms with van der Waals surface area (Å²) in [6.45, 7) is 3.11. The topological polar surface area (TPSA) is 49.3 Å². The molecule has 0 aliphatic heterocycles. The maximum absolute atomic E-state index is 10.8. The van der Waals surface area contributed by atoms with Crippen LogP contribution < -0.4 is 5.32 Å². The summed E-state index contributed by atoms with van der Waals surface area (Å²) in [5.74, 6) is -0.993. The first-order valence-corrected chi connectivity index (χ1v) is 7.29. The first-order valence-electron chi connectivity index (χ1n) is 6.92. The van der Waals surface area contributed by atoms with Crippen LogP contribution in [-0.2, 0) is 0 Å². The molecule has 0 bridgehead atoms. The second-order valence-electron chi connectivity index (χ2n) is 4.69. The van der Waals surface area contributed by atoms with Crippen LogP contribution in [0.3, 0.4) is 0 Å². The molecule has 0 amide bonds. The molecule has 106 valence electrons. The van der Waals surface area contributed by atoms with Crippen molar-refractivity contribution in [3.63, 3.8) is 0 Å². The van der Waals surface area contributed by atoms with Gasteiger partial charge in [0.15, 0.2) is 0 Å². The van der Waals surface area contributed by atoms with Gasteiger partial charge < -0.3 is 10.4 Å². The smallest absolute Gasteiger partial charge is 0.337 e. The first kappa shape index (κ1) is 15.8. The van der Waals surface area contributed by atoms with Crippen molar-refractivity contribution in [2.45, 2.75) is 45.4 Å². The average Bonchev–Trinajstić information content (AvgIpc) is 2.37. The molecule has 0 radical (unpaired) electrons. The normalized spacial score (nSPS) is 10.4. The minimum absolute atomic E-state index is 0.145. The second-order valence-corrected chi connectivity index (χ2v) is 5.10. The van der Waals surface area contributed by atoms with Crippen LogP contribution in [0.5, 0.6) is 0 Å². The monoisotopic (exact) mass is 283 g/mol. The van der Waals surface area contributed by atoms with Crippen LogP contribution in [0.1, 0.15) is 55.8 Å². The van der Waals surface area contributed by atoms with Crippen molar-refractivity contribution in [3.8, 4) is 0 Å². The number of aromatic carboxylic acids is 1. The predicted molar refractivity (Wildman–Crippen MR) is 80.3 cm³/mol. The number of carboxylic acid groups (broad SMARTS) is 1. The lowest BCUT2D eigenvalue weighted by molar-refractivity contribution is 0.0697. The summed E-state index contributed by atoms with van der Waals surface area (Å²) in [5.41, 5.74) is 1.02. The van der Waals surface area contributed by atoms with Gasteiger partial charge in [0.2, 0.25) is 0 Å². The van der Waals surface area contributed by atoms with Gasteiger partial charge >= 0.3 is 5.97 Å². The Morgan fingerprint density at radius 3 is 2.53 bits per heavy atom. The summed E-state index contributed by atoms with van der Waals surface area (Å²) in [6, 6.07) is 4.96. The number of anilines is 1. The number of benzene rings is 1. The fourth-order valence-corrected chi connectivity index (χ4v) is 2.20. The van der Waals surface area contributed by atoms with Gasteiger partial charge in [0.05, 0.1) is 10.6 Å². The Bertz CT molecular complexity index is 407. The summed E-state index contributed by atoms with van der Waals surface area (Å²) in [6.07, 6.45) is 7.55. The van der Waals surface area contributed by atoms with Crippen molar-refractivity contribution in [3.05, 3.63) is 28.8 Å². The van der Waals surface area contributed by atoms with Crippen LogP contribution in [0.4, 0.5) is 5.69 Å². The van der Waals surface area contributed by atoms with Crippen LogP contribution in [0.2, 0.25) is 5.02 Å². The molecule has 0 aromatic heterocycles. The molecule has 0 atom stereocenters. The van der Waals surface area contributed by atoms with E-state index in [1.807, 2.05) is 0 Å². The highest BCUT2D eigenvalue weighted by molar-refractivity contribution is 6.33. The zero-order chi connectivity index (χ0) is 14.1. The maximum Gasteiger partial charge on any atom is 0.337 e. The van der Waals surface area contributed by atoms with Gasteiger partial charge in [0, 0.05) is 12.2 Å². The lowest BCUT2D eigenvalue weighted by atomic mass is 10.1. The molecule has 0 heterocycles. The van der Waals surface area contributed by atoms with E-state index < -0.39 is 5.97 Å². The van der Waals surface area contributed by atoms with Crippen LogP contribution in [-0.4, -0.2) is 17.6 Å².